The van der Waals surface area contributed by atoms with E-state index in [2.05, 4.69) is 5.10 Å². The fourth-order valence-electron chi connectivity index (χ4n) is 1.51. The molecule has 2 N–H and O–H groups in total. The molecule has 0 bridgehead atoms. The normalized spacial score (nSPS) is 11.0. The van der Waals surface area contributed by atoms with Gasteiger partial charge in [0.15, 0.2) is 0 Å². The monoisotopic (exact) mass is 245 g/mol. The lowest BCUT2D eigenvalue weighted by Crippen LogP contribution is -2.08. The molecule has 0 saturated carbocycles. The second-order valence-corrected chi connectivity index (χ2v) is 3.95. The third-order valence-corrected chi connectivity index (χ3v) is 2.86. The van der Waals surface area contributed by atoms with Gasteiger partial charge in [0.1, 0.15) is 0 Å². The number of halogens is 1. The van der Waals surface area contributed by atoms with E-state index in [-0.39, 0.29) is 0 Å². The lowest BCUT2D eigenvalue weighted by atomic mass is 10.3. The van der Waals surface area contributed by atoms with E-state index in [0.29, 0.717) is 19.8 Å². The highest BCUT2D eigenvalue weighted by Gasteiger charge is 2.13. The van der Waals surface area contributed by atoms with Gasteiger partial charge in [-0.15, -0.1) is 0 Å². The molecule has 5 heteroatoms. The summed E-state index contributed by atoms with van der Waals surface area (Å²) < 4.78 is 7.42. The Morgan fingerprint density at radius 2 is 2.19 bits per heavy atom. The van der Waals surface area contributed by atoms with Crippen LogP contribution in [0.1, 0.15) is 31.7 Å². The second kappa shape index (κ2) is 6.89. The van der Waals surface area contributed by atoms with Crippen molar-refractivity contribution >= 4 is 11.6 Å². The number of nitrogens with two attached hydrogens (primary N) is 1. The Morgan fingerprint density at radius 3 is 2.75 bits per heavy atom. The number of aromatic nitrogens is 2. The molecular formula is C11H20ClN3O. The van der Waals surface area contributed by atoms with Gasteiger partial charge in [0.2, 0.25) is 0 Å². The zero-order chi connectivity index (χ0) is 12.0. The highest BCUT2D eigenvalue weighted by atomic mass is 35.5. The third kappa shape index (κ3) is 3.20. The molecule has 1 aromatic heterocycles. The van der Waals surface area contributed by atoms with Crippen LogP contribution in [0.5, 0.6) is 0 Å². The number of aryl methyl sites for hydroxylation is 2. The average molecular weight is 246 g/mol. The summed E-state index contributed by atoms with van der Waals surface area (Å²) in [5, 5.41) is 5.17. The summed E-state index contributed by atoms with van der Waals surface area (Å²) in [6.07, 6.45) is 1.72. The van der Waals surface area contributed by atoms with Crippen molar-refractivity contribution in [1.29, 1.82) is 0 Å². The number of ether oxygens (including phenoxy) is 1. The molecule has 1 aromatic rings. The molecule has 0 fully saturated rings. The maximum Gasteiger partial charge on any atom is 0.0900 e. The summed E-state index contributed by atoms with van der Waals surface area (Å²) in [5.41, 5.74) is 7.31. The quantitative estimate of drug-likeness (QED) is 0.748. The van der Waals surface area contributed by atoms with E-state index in [0.717, 1.165) is 35.8 Å². The Morgan fingerprint density at radius 1 is 1.44 bits per heavy atom. The number of hydrogen-bond acceptors (Lipinski definition) is 3. The topological polar surface area (TPSA) is 53.1 Å². The van der Waals surface area contributed by atoms with Gasteiger partial charge < -0.3 is 10.5 Å². The Hall–Kier alpha value is -0.580. The van der Waals surface area contributed by atoms with Gasteiger partial charge in [0, 0.05) is 13.2 Å². The highest BCUT2D eigenvalue weighted by molar-refractivity contribution is 6.31. The first-order chi connectivity index (χ1) is 7.74. The van der Waals surface area contributed by atoms with Gasteiger partial charge in [-0.3, -0.25) is 4.68 Å². The summed E-state index contributed by atoms with van der Waals surface area (Å²) in [6, 6.07) is 0. The van der Waals surface area contributed by atoms with E-state index >= 15 is 0 Å². The Labute approximate surface area is 102 Å². The molecule has 0 aliphatic rings. The summed E-state index contributed by atoms with van der Waals surface area (Å²) >= 11 is 6.23. The van der Waals surface area contributed by atoms with E-state index in [9.17, 15) is 0 Å². The molecule has 0 radical (unpaired) electrons. The number of rotatable bonds is 7. The predicted octanol–water partition coefficient (Wildman–Crippen LogP) is 1.98. The van der Waals surface area contributed by atoms with Crippen molar-refractivity contribution in [1.82, 2.24) is 9.78 Å². The van der Waals surface area contributed by atoms with Gasteiger partial charge in [-0.25, -0.2) is 0 Å². The molecule has 92 valence electrons. The van der Waals surface area contributed by atoms with E-state index in [1.54, 1.807) is 0 Å². The Bertz CT molecular complexity index is 325. The first kappa shape index (κ1) is 13.5. The van der Waals surface area contributed by atoms with Gasteiger partial charge in [0.05, 0.1) is 23.0 Å². The molecule has 0 saturated heterocycles. The minimum absolute atomic E-state index is 0.514. The highest BCUT2D eigenvalue weighted by Crippen LogP contribution is 2.22. The van der Waals surface area contributed by atoms with Crippen LogP contribution in [0.4, 0.5) is 0 Å². The largest absolute Gasteiger partial charge is 0.375 e. The van der Waals surface area contributed by atoms with Gasteiger partial charge in [0.25, 0.3) is 0 Å². The SMILES string of the molecule is CCc1nn(CC)c(COCCCN)c1Cl. The lowest BCUT2D eigenvalue weighted by Gasteiger charge is -2.06. The van der Waals surface area contributed by atoms with Gasteiger partial charge >= 0.3 is 0 Å². The Kier molecular flexibility index (Phi) is 5.80. The van der Waals surface area contributed by atoms with Crippen molar-refractivity contribution in [2.45, 2.75) is 39.8 Å². The summed E-state index contributed by atoms with van der Waals surface area (Å²) in [4.78, 5) is 0. The van der Waals surface area contributed by atoms with Crippen molar-refractivity contribution < 1.29 is 4.74 Å². The molecule has 16 heavy (non-hydrogen) atoms. The molecule has 0 aliphatic heterocycles. The minimum Gasteiger partial charge on any atom is -0.375 e. The molecule has 1 heterocycles. The van der Waals surface area contributed by atoms with Crippen LogP contribution in [0.3, 0.4) is 0 Å². The smallest absolute Gasteiger partial charge is 0.0900 e. The van der Waals surface area contributed by atoms with Crippen molar-refractivity contribution in [3.05, 3.63) is 16.4 Å². The zero-order valence-corrected chi connectivity index (χ0v) is 10.8. The van der Waals surface area contributed by atoms with Crippen molar-refractivity contribution in [3.63, 3.8) is 0 Å². The first-order valence-electron chi connectivity index (χ1n) is 5.76. The Balaban J connectivity index is 2.65. The lowest BCUT2D eigenvalue weighted by molar-refractivity contribution is 0.114. The van der Waals surface area contributed by atoms with Crippen LogP contribution in [0.15, 0.2) is 0 Å². The van der Waals surface area contributed by atoms with E-state index in [1.165, 1.54) is 0 Å². The van der Waals surface area contributed by atoms with E-state index in [1.807, 2.05) is 18.5 Å². The summed E-state index contributed by atoms with van der Waals surface area (Å²) in [5.74, 6) is 0. The third-order valence-electron chi connectivity index (χ3n) is 2.43. The maximum absolute atomic E-state index is 6.23. The minimum atomic E-state index is 0.514. The molecule has 1 rings (SSSR count). The maximum atomic E-state index is 6.23. The van der Waals surface area contributed by atoms with Gasteiger partial charge in [-0.05, 0) is 26.3 Å². The van der Waals surface area contributed by atoms with Crippen LogP contribution < -0.4 is 5.73 Å². The number of hydrogen-bond donors (Lipinski definition) is 1. The molecule has 0 aromatic carbocycles. The average Bonchev–Trinajstić information content (AvgIpc) is 2.61. The van der Waals surface area contributed by atoms with E-state index < -0.39 is 0 Å². The molecule has 4 nitrogen and oxygen atoms in total. The van der Waals surface area contributed by atoms with Crippen molar-refractivity contribution in [2.75, 3.05) is 13.2 Å². The zero-order valence-electron chi connectivity index (χ0n) is 10.0. The van der Waals surface area contributed by atoms with Crippen LogP contribution in [-0.2, 0) is 24.3 Å². The fourth-order valence-corrected chi connectivity index (χ4v) is 1.83. The van der Waals surface area contributed by atoms with Crippen LogP contribution in [0.2, 0.25) is 5.02 Å². The molecule has 0 amide bonds. The van der Waals surface area contributed by atoms with Gasteiger partial charge in [-0.1, -0.05) is 18.5 Å². The van der Waals surface area contributed by atoms with E-state index in [4.69, 9.17) is 22.1 Å². The second-order valence-electron chi connectivity index (χ2n) is 3.57. The summed E-state index contributed by atoms with van der Waals surface area (Å²) in [7, 11) is 0. The predicted molar refractivity (Wildman–Crippen MR) is 65.6 cm³/mol. The molecular weight excluding hydrogens is 226 g/mol. The molecule has 0 atom stereocenters. The van der Waals surface area contributed by atoms with Crippen molar-refractivity contribution in [2.24, 2.45) is 5.73 Å². The fraction of sp³-hybridized carbons (Fsp3) is 0.727. The van der Waals surface area contributed by atoms with Gasteiger partial charge in [-0.2, -0.15) is 5.10 Å². The van der Waals surface area contributed by atoms with Crippen LogP contribution in [-0.4, -0.2) is 22.9 Å². The standard InChI is InChI=1S/C11H20ClN3O/c1-3-9-11(12)10(15(4-2)14-9)8-16-7-5-6-13/h3-8,13H2,1-2H3. The first-order valence-corrected chi connectivity index (χ1v) is 6.14. The number of nitrogens with zero attached hydrogens (tertiary/aromatic N) is 2. The van der Waals surface area contributed by atoms with Crippen molar-refractivity contribution in [3.8, 4) is 0 Å². The van der Waals surface area contributed by atoms with Crippen LogP contribution >= 0.6 is 11.6 Å². The summed E-state index contributed by atoms with van der Waals surface area (Å²) in [6.45, 7) is 6.75. The molecule has 0 spiro atoms. The molecule has 0 unspecified atom stereocenters. The van der Waals surface area contributed by atoms with Crippen LogP contribution in [0.25, 0.3) is 0 Å². The molecule has 0 aliphatic carbocycles. The van der Waals surface area contributed by atoms with Crippen LogP contribution in [0, 0.1) is 0 Å².